The SMILES string of the molecule is O=C(CCOCC(F)(F)F)Nc1ccc(Cl)cc1NC(=O)c1ccco1. The summed E-state index contributed by atoms with van der Waals surface area (Å²) in [4.78, 5) is 23.9. The van der Waals surface area contributed by atoms with Crippen molar-refractivity contribution in [3.05, 3.63) is 47.4 Å². The summed E-state index contributed by atoms with van der Waals surface area (Å²) in [6.45, 7) is -1.82. The van der Waals surface area contributed by atoms with Gasteiger partial charge in [0.25, 0.3) is 5.91 Å². The molecule has 1 aromatic carbocycles. The van der Waals surface area contributed by atoms with Crippen LogP contribution in [0.2, 0.25) is 5.02 Å². The van der Waals surface area contributed by atoms with Crippen LogP contribution in [0, 0.1) is 0 Å². The van der Waals surface area contributed by atoms with Crippen LogP contribution in [0.15, 0.2) is 41.0 Å². The summed E-state index contributed by atoms with van der Waals surface area (Å²) >= 11 is 5.89. The average Bonchev–Trinajstić information content (AvgIpc) is 3.08. The molecular formula is C16H14ClF3N2O4. The highest BCUT2D eigenvalue weighted by molar-refractivity contribution is 6.31. The fourth-order valence-electron chi connectivity index (χ4n) is 1.89. The number of amides is 2. The minimum absolute atomic E-state index is 0.0582. The smallest absolute Gasteiger partial charge is 0.411 e. The highest BCUT2D eigenvalue weighted by atomic mass is 35.5. The summed E-state index contributed by atoms with van der Waals surface area (Å²) in [5, 5.41) is 5.33. The zero-order chi connectivity index (χ0) is 19.2. The molecule has 0 bridgehead atoms. The Morgan fingerprint density at radius 2 is 1.92 bits per heavy atom. The van der Waals surface area contributed by atoms with E-state index in [0.717, 1.165) is 0 Å². The number of carbonyl (C=O) groups is 2. The van der Waals surface area contributed by atoms with Crippen molar-refractivity contribution in [1.29, 1.82) is 0 Å². The maximum absolute atomic E-state index is 12.0. The number of carbonyl (C=O) groups excluding carboxylic acids is 2. The van der Waals surface area contributed by atoms with E-state index in [9.17, 15) is 22.8 Å². The highest BCUT2D eigenvalue weighted by Gasteiger charge is 2.27. The van der Waals surface area contributed by atoms with Gasteiger partial charge in [0.05, 0.1) is 30.7 Å². The van der Waals surface area contributed by atoms with Gasteiger partial charge in [-0.2, -0.15) is 13.2 Å². The number of benzene rings is 1. The van der Waals surface area contributed by atoms with Crippen molar-refractivity contribution in [2.24, 2.45) is 0 Å². The van der Waals surface area contributed by atoms with E-state index in [4.69, 9.17) is 16.0 Å². The van der Waals surface area contributed by atoms with Crippen molar-refractivity contribution in [2.45, 2.75) is 12.6 Å². The van der Waals surface area contributed by atoms with Gasteiger partial charge in [0.1, 0.15) is 6.61 Å². The van der Waals surface area contributed by atoms with Crippen LogP contribution in [0.25, 0.3) is 0 Å². The molecule has 2 aromatic rings. The fourth-order valence-corrected chi connectivity index (χ4v) is 2.06. The molecule has 2 rings (SSSR count). The predicted molar refractivity (Wildman–Crippen MR) is 88.2 cm³/mol. The Balaban J connectivity index is 1.96. The van der Waals surface area contributed by atoms with Gasteiger partial charge in [-0.05, 0) is 30.3 Å². The Hall–Kier alpha value is -2.52. The van der Waals surface area contributed by atoms with Crippen molar-refractivity contribution in [3.63, 3.8) is 0 Å². The van der Waals surface area contributed by atoms with E-state index in [1.165, 1.54) is 36.6 Å². The quantitative estimate of drug-likeness (QED) is 0.698. The lowest BCUT2D eigenvalue weighted by Crippen LogP contribution is -2.21. The summed E-state index contributed by atoms with van der Waals surface area (Å²) in [6, 6.07) is 7.35. The van der Waals surface area contributed by atoms with Gasteiger partial charge in [0.15, 0.2) is 5.76 Å². The monoisotopic (exact) mass is 390 g/mol. The zero-order valence-corrected chi connectivity index (χ0v) is 14.0. The lowest BCUT2D eigenvalue weighted by atomic mass is 10.2. The fraction of sp³-hybridized carbons (Fsp3) is 0.250. The first-order valence-corrected chi connectivity index (χ1v) is 7.71. The summed E-state index contributed by atoms with van der Waals surface area (Å²) < 4.78 is 45.3. The van der Waals surface area contributed by atoms with E-state index in [-0.39, 0.29) is 23.6 Å². The lowest BCUT2D eigenvalue weighted by Gasteiger charge is -2.13. The summed E-state index contributed by atoms with van der Waals surface area (Å²) in [6.07, 6.45) is -3.41. The Labute approximate surface area is 151 Å². The van der Waals surface area contributed by atoms with E-state index in [0.29, 0.717) is 5.02 Å². The number of alkyl halides is 3. The van der Waals surface area contributed by atoms with Gasteiger partial charge in [0, 0.05) is 5.02 Å². The van der Waals surface area contributed by atoms with Gasteiger partial charge in [0.2, 0.25) is 5.91 Å². The molecule has 0 fully saturated rings. The van der Waals surface area contributed by atoms with Crippen LogP contribution in [-0.2, 0) is 9.53 Å². The van der Waals surface area contributed by atoms with Crippen LogP contribution in [0.1, 0.15) is 17.0 Å². The van der Waals surface area contributed by atoms with Crippen LogP contribution in [0.3, 0.4) is 0 Å². The average molecular weight is 391 g/mol. The summed E-state index contributed by atoms with van der Waals surface area (Å²) in [5.41, 5.74) is 0.443. The minimum Gasteiger partial charge on any atom is -0.459 e. The molecule has 10 heteroatoms. The lowest BCUT2D eigenvalue weighted by molar-refractivity contribution is -0.174. The van der Waals surface area contributed by atoms with Crippen LogP contribution in [0.4, 0.5) is 24.5 Å². The number of halogens is 4. The number of anilines is 2. The molecule has 26 heavy (non-hydrogen) atoms. The third kappa shape index (κ3) is 6.41. The maximum atomic E-state index is 12.0. The van der Waals surface area contributed by atoms with Crippen LogP contribution in [0.5, 0.6) is 0 Å². The number of hydrogen-bond donors (Lipinski definition) is 2. The Morgan fingerprint density at radius 1 is 1.15 bits per heavy atom. The van der Waals surface area contributed by atoms with Gasteiger partial charge in [-0.3, -0.25) is 9.59 Å². The Kier molecular flexibility index (Phi) is 6.64. The third-order valence-electron chi connectivity index (χ3n) is 2.99. The van der Waals surface area contributed by atoms with Crippen molar-refractivity contribution >= 4 is 34.8 Å². The van der Waals surface area contributed by atoms with Crippen molar-refractivity contribution in [2.75, 3.05) is 23.8 Å². The van der Waals surface area contributed by atoms with Crippen molar-refractivity contribution in [1.82, 2.24) is 0 Å². The van der Waals surface area contributed by atoms with Crippen molar-refractivity contribution < 1.29 is 31.9 Å². The molecule has 2 N–H and O–H groups in total. The Bertz CT molecular complexity index is 763. The normalized spacial score (nSPS) is 11.2. The number of rotatable bonds is 7. The first-order valence-electron chi connectivity index (χ1n) is 7.33. The second-order valence-electron chi connectivity index (χ2n) is 5.09. The summed E-state index contributed by atoms with van der Waals surface area (Å²) in [5.74, 6) is -1.08. The molecular weight excluding hydrogens is 377 g/mol. The van der Waals surface area contributed by atoms with E-state index >= 15 is 0 Å². The molecule has 0 atom stereocenters. The largest absolute Gasteiger partial charge is 0.459 e. The van der Waals surface area contributed by atoms with Crippen molar-refractivity contribution in [3.8, 4) is 0 Å². The zero-order valence-electron chi connectivity index (χ0n) is 13.2. The molecule has 0 aliphatic rings. The van der Waals surface area contributed by atoms with Gasteiger partial charge in [-0.25, -0.2) is 0 Å². The van der Waals surface area contributed by atoms with E-state index in [1.54, 1.807) is 0 Å². The summed E-state index contributed by atoms with van der Waals surface area (Å²) in [7, 11) is 0. The number of nitrogens with one attached hydrogen (secondary N) is 2. The molecule has 0 aliphatic heterocycles. The van der Waals surface area contributed by atoms with E-state index in [2.05, 4.69) is 15.4 Å². The van der Waals surface area contributed by atoms with Gasteiger partial charge < -0.3 is 19.8 Å². The predicted octanol–water partition coefficient (Wildman–Crippen LogP) is 4.09. The molecule has 0 spiro atoms. The van der Waals surface area contributed by atoms with Gasteiger partial charge in [-0.1, -0.05) is 11.6 Å². The molecule has 0 radical (unpaired) electrons. The van der Waals surface area contributed by atoms with Crippen LogP contribution < -0.4 is 10.6 Å². The first kappa shape index (κ1) is 19.8. The number of furan rings is 1. The van der Waals surface area contributed by atoms with Crippen LogP contribution in [-0.4, -0.2) is 31.2 Å². The molecule has 1 heterocycles. The Morgan fingerprint density at radius 3 is 2.58 bits per heavy atom. The molecule has 140 valence electrons. The molecule has 2 amide bonds. The second kappa shape index (κ2) is 8.72. The topological polar surface area (TPSA) is 80.6 Å². The molecule has 0 saturated carbocycles. The number of ether oxygens (including phenoxy) is 1. The second-order valence-corrected chi connectivity index (χ2v) is 5.52. The molecule has 0 saturated heterocycles. The molecule has 6 nitrogen and oxygen atoms in total. The third-order valence-corrected chi connectivity index (χ3v) is 3.22. The highest BCUT2D eigenvalue weighted by Crippen LogP contribution is 2.26. The minimum atomic E-state index is -4.45. The van der Waals surface area contributed by atoms with Crippen LogP contribution >= 0.6 is 11.6 Å². The van der Waals surface area contributed by atoms with E-state index < -0.39 is 31.2 Å². The molecule has 0 unspecified atom stereocenters. The van der Waals surface area contributed by atoms with Gasteiger partial charge >= 0.3 is 6.18 Å². The maximum Gasteiger partial charge on any atom is 0.411 e. The number of hydrogen-bond acceptors (Lipinski definition) is 4. The molecule has 1 aromatic heterocycles. The standard InChI is InChI=1S/C16H14ClF3N2O4/c17-10-3-4-11(21-14(23)5-7-25-9-16(18,19)20)12(8-10)22-15(24)13-2-1-6-26-13/h1-4,6,8H,5,7,9H2,(H,21,23)(H,22,24). The first-order chi connectivity index (χ1) is 12.2. The van der Waals surface area contributed by atoms with E-state index in [1.807, 2.05) is 0 Å². The molecule has 0 aliphatic carbocycles. The van der Waals surface area contributed by atoms with Gasteiger partial charge in [-0.15, -0.1) is 0 Å².